The summed E-state index contributed by atoms with van der Waals surface area (Å²) < 4.78 is 1.81. The predicted octanol–water partition coefficient (Wildman–Crippen LogP) is 2.53. The van der Waals surface area contributed by atoms with E-state index in [0.717, 1.165) is 31.1 Å². The molecule has 1 aliphatic carbocycles. The number of aromatic nitrogens is 4. The molecule has 1 aliphatic rings. The second-order valence-electron chi connectivity index (χ2n) is 6.40. The minimum Gasteiger partial charge on any atom is -0.369 e. The summed E-state index contributed by atoms with van der Waals surface area (Å²) in [5.74, 6) is 1.12. The predicted molar refractivity (Wildman–Crippen MR) is 96.8 cm³/mol. The fourth-order valence-electron chi connectivity index (χ4n) is 3.18. The van der Waals surface area contributed by atoms with E-state index in [9.17, 15) is 4.79 Å². The molecule has 0 aromatic carbocycles. The molecule has 8 heteroatoms. The van der Waals surface area contributed by atoms with Crippen molar-refractivity contribution in [1.29, 1.82) is 0 Å². The van der Waals surface area contributed by atoms with E-state index in [4.69, 9.17) is 5.73 Å². The molecule has 2 heterocycles. The standard InChI is InChI=1S/C17H25N7O/c1-2-24-11-13(9-21-24)22-17-20-10-14(15(18)25)16(23-17)19-8-7-12-5-3-4-6-12/h9-12H,2-8H2,1H3,(H2,18,25)(H2,19,20,22,23). The Morgan fingerprint density at radius 3 is 2.84 bits per heavy atom. The largest absolute Gasteiger partial charge is 0.369 e. The van der Waals surface area contributed by atoms with Gasteiger partial charge in [0.15, 0.2) is 0 Å². The van der Waals surface area contributed by atoms with Crippen molar-refractivity contribution in [3.63, 3.8) is 0 Å². The van der Waals surface area contributed by atoms with Crippen LogP contribution in [-0.2, 0) is 6.54 Å². The van der Waals surface area contributed by atoms with Crippen LogP contribution in [0.1, 0.15) is 49.4 Å². The van der Waals surface area contributed by atoms with Crippen LogP contribution in [0.5, 0.6) is 0 Å². The van der Waals surface area contributed by atoms with Crippen molar-refractivity contribution in [3.8, 4) is 0 Å². The number of nitrogens with two attached hydrogens (primary N) is 1. The van der Waals surface area contributed by atoms with Gasteiger partial charge < -0.3 is 16.4 Å². The lowest BCUT2D eigenvalue weighted by Crippen LogP contribution is -2.18. The Morgan fingerprint density at radius 2 is 2.16 bits per heavy atom. The first-order valence-corrected chi connectivity index (χ1v) is 8.86. The number of carbonyl (C=O) groups excluding carboxylic acids is 1. The van der Waals surface area contributed by atoms with E-state index >= 15 is 0 Å². The van der Waals surface area contributed by atoms with E-state index in [1.807, 2.05) is 13.1 Å². The average Bonchev–Trinajstić information content (AvgIpc) is 3.26. The average molecular weight is 343 g/mol. The normalized spacial score (nSPS) is 14.6. The van der Waals surface area contributed by atoms with Gasteiger partial charge in [-0.3, -0.25) is 9.48 Å². The van der Waals surface area contributed by atoms with E-state index in [0.29, 0.717) is 17.3 Å². The quantitative estimate of drug-likeness (QED) is 0.679. The summed E-state index contributed by atoms with van der Waals surface area (Å²) in [6.45, 7) is 3.58. The van der Waals surface area contributed by atoms with Gasteiger partial charge in [0.2, 0.25) is 5.95 Å². The summed E-state index contributed by atoms with van der Waals surface area (Å²) in [4.78, 5) is 20.2. The van der Waals surface area contributed by atoms with Crippen molar-refractivity contribution < 1.29 is 4.79 Å². The third-order valence-corrected chi connectivity index (χ3v) is 4.59. The molecule has 4 N–H and O–H groups in total. The minimum absolute atomic E-state index is 0.307. The van der Waals surface area contributed by atoms with Crippen molar-refractivity contribution >= 4 is 23.4 Å². The van der Waals surface area contributed by atoms with Crippen molar-refractivity contribution in [2.45, 2.75) is 45.6 Å². The highest BCUT2D eigenvalue weighted by Gasteiger charge is 2.16. The molecule has 0 unspecified atom stereocenters. The van der Waals surface area contributed by atoms with E-state index in [1.54, 1.807) is 10.9 Å². The third-order valence-electron chi connectivity index (χ3n) is 4.59. The fraction of sp³-hybridized carbons (Fsp3) is 0.529. The van der Waals surface area contributed by atoms with Gasteiger partial charge in [0.25, 0.3) is 5.91 Å². The van der Waals surface area contributed by atoms with Crippen molar-refractivity contribution in [1.82, 2.24) is 19.7 Å². The van der Waals surface area contributed by atoms with Crippen molar-refractivity contribution in [2.24, 2.45) is 11.7 Å². The SMILES string of the molecule is CCn1cc(Nc2ncc(C(N)=O)c(NCCC3CCCC3)n2)cn1. The Balaban J connectivity index is 1.68. The van der Waals surface area contributed by atoms with Gasteiger partial charge in [-0.1, -0.05) is 25.7 Å². The molecule has 1 amide bonds. The van der Waals surface area contributed by atoms with E-state index in [-0.39, 0.29) is 0 Å². The highest BCUT2D eigenvalue weighted by atomic mass is 16.1. The molecule has 134 valence electrons. The molecule has 2 aromatic rings. The first-order valence-electron chi connectivity index (χ1n) is 8.86. The molecule has 0 atom stereocenters. The summed E-state index contributed by atoms with van der Waals surface area (Å²) >= 11 is 0. The van der Waals surface area contributed by atoms with Crippen LogP contribution in [-0.4, -0.2) is 32.2 Å². The van der Waals surface area contributed by atoms with Crippen LogP contribution in [0, 0.1) is 5.92 Å². The number of anilines is 3. The van der Waals surface area contributed by atoms with E-state index in [2.05, 4.69) is 25.7 Å². The Morgan fingerprint density at radius 1 is 1.36 bits per heavy atom. The topological polar surface area (TPSA) is 111 Å². The first-order chi connectivity index (χ1) is 12.2. The maximum absolute atomic E-state index is 11.6. The molecule has 0 saturated heterocycles. The zero-order valence-corrected chi connectivity index (χ0v) is 14.5. The summed E-state index contributed by atoms with van der Waals surface area (Å²) in [5.41, 5.74) is 6.54. The molecular formula is C17H25N7O. The number of carbonyl (C=O) groups is 1. The van der Waals surface area contributed by atoms with Crippen LogP contribution in [0.3, 0.4) is 0 Å². The highest BCUT2D eigenvalue weighted by molar-refractivity contribution is 5.97. The molecule has 0 aliphatic heterocycles. The monoisotopic (exact) mass is 343 g/mol. The maximum atomic E-state index is 11.6. The van der Waals surface area contributed by atoms with Crippen LogP contribution >= 0.6 is 0 Å². The van der Waals surface area contributed by atoms with Gasteiger partial charge in [0.1, 0.15) is 5.82 Å². The molecular weight excluding hydrogens is 318 g/mol. The van der Waals surface area contributed by atoms with Gasteiger partial charge in [-0.05, 0) is 19.3 Å². The molecule has 0 spiro atoms. The first kappa shape index (κ1) is 17.2. The molecule has 0 bridgehead atoms. The smallest absolute Gasteiger partial charge is 0.254 e. The van der Waals surface area contributed by atoms with Crippen LogP contribution < -0.4 is 16.4 Å². The number of hydrogen-bond acceptors (Lipinski definition) is 6. The number of rotatable bonds is 8. The maximum Gasteiger partial charge on any atom is 0.254 e. The lowest BCUT2D eigenvalue weighted by molar-refractivity contribution is 0.100. The van der Waals surface area contributed by atoms with Crippen molar-refractivity contribution in [2.75, 3.05) is 17.2 Å². The lowest BCUT2D eigenvalue weighted by atomic mass is 10.0. The van der Waals surface area contributed by atoms with Gasteiger partial charge in [-0.25, -0.2) is 4.98 Å². The Kier molecular flexibility index (Phi) is 5.47. The highest BCUT2D eigenvalue weighted by Crippen LogP contribution is 2.27. The van der Waals surface area contributed by atoms with Crippen LogP contribution in [0.25, 0.3) is 0 Å². The molecule has 25 heavy (non-hydrogen) atoms. The number of hydrogen-bond donors (Lipinski definition) is 3. The summed E-state index contributed by atoms with van der Waals surface area (Å²) in [6, 6.07) is 0. The number of amides is 1. The second-order valence-corrected chi connectivity index (χ2v) is 6.40. The second kappa shape index (κ2) is 7.96. The number of nitrogens with one attached hydrogen (secondary N) is 2. The summed E-state index contributed by atoms with van der Waals surface area (Å²) in [5, 5.41) is 10.6. The zero-order chi connectivity index (χ0) is 17.6. The van der Waals surface area contributed by atoms with Crippen LogP contribution in [0.2, 0.25) is 0 Å². The lowest BCUT2D eigenvalue weighted by Gasteiger charge is -2.13. The minimum atomic E-state index is -0.534. The Hall–Kier alpha value is -2.64. The van der Waals surface area contributed by atoms with Gasteiger partial charge >= 0.3 is 0 Å². The van der Waals surface area contributed by atoms with Gasteiger partial charge in [0, 0.05) is 25.5 Å². The van der Waals surface area contributed by atoms with Crippen molar-refractivity contribution in [3.05, 3.63) is 24.2 Å². The number of aryl methyl sites for hydroxylation is 1. The molecule has 0 radical (unpaired) electrons. The number of nitrogens with zero attached hydrogens (tertiary/aromatic N) is 4. The third kappa shape index (κ3) is 4.46. The molecule has 3 rings (SSSR count). The molecule has 2 aromatic heterocycles. The Labute approximate surface area is 147 Å². The Bertz CT molecular complexity index is 722. The summed E-state index contributed by atoms with van der Waals surface area (Å²) in [7, 11) is 0. The van der Waals surface area contributed by atoms with Gasteiger partial charge in [0.05, 0.1) is 17.4 Å². The van der Waals surface area contributed by atoms with Gasteiger partial charge in [-0.2, -0.15) is 10.1 Å². The van der Waals surface area contributed by atoms with E-state index < -0.39 is 5.91 Å². The molecule has 1 fully saturated rings. The fourth-order valence-corrected chi connectivity index (χ4v) is 3.18. The molecule has 8 nitrogen and oxygen atoms in total. The molecule has 1 saturated carbocycles. The zero-order valence-electron chi connectivity index (χ0n) is 14.5. The van der Waals surface area contributed by atoms with Crippen LogP contribution in [0.15, 0.2) is 18.6 Å². The van der Waals surface area contributed by atoms with Crippen LogP contribution in [0.4, 0.5) is 17.5 Å². The summed E-state index contributed by atoms with van der Waals surface area (Å²) in [6.07, 6.45) is 11.4. The van der Waals surface area contributed by atoms with Gasteiger partial charge in [-0.15, -0.1) is 0 Å². The number of primary amides is 1. The van der Waals surface area contributed by atoms with E-state index in [1.165, 1.54) is 31.9 Å².